The molecule has 1 aliphatic rings. The van der Waals surface area contributed by atoms with Gasteiger partial charge in [0.05, 0.1) is 17.4 Å². The summed E-state index contributed by atoms with van der Waals surface area (Å²) in [7, 11) is 0. The van der Waals surface area contributed by atoms with Crippen molar-refractivity contribution in [1.29, 1.82) is 0 Å². The van der Waals surface area contributed by atoms with Gasteiger partial charge in [-0.15, -0.1) is 0 Å². The van der Waals surface area contributed by atoms with Crippen molar-refractivity contribution in [2.75, 3.05) is 36.0 Å². The van der Waals surface area contributed by atoms with Gasteiger partial charge in [-0.3, -0.25) is 9.78 Å². The van der Waals surface area contributed by atoms with Crippen molar-refractivity contribution >= 4 is 17.3 Å². The molecule has 0 bridgehead atoms. The Hall–Kier alpha value is -2.56. The van der Waals surface area contributed by atoms with Crippen LogP contribution in [0.25, 0.3) is 0 Å². The highest BCUT2D eigenvalue weighted by Gasteiger charge is 2.20. The van der Waals surface area contributed by atoms with Gasteiger partial charge in [-0.05, 0) is 51.5 Å². The maximum absolute atomic E-state index is 12.4. The van der Waals surface area contributed by atoms with Gasteiger partial charge in [0.2, 0.25) is 0 Å². The smallest absolute Gasteiger partial charge is 0.253 e. The van der Waals surface area contributed by atoms with Crippen LogP contribution in [0.15, 0.2) is 42.7 Å². The zero-order valence-corrected chi connectivity index (χ0v) is 16.1. The van der Waals surface area contributed by atoms with Gasteiger partial charge in [-0.2, -0.15) is 0 Å². The molecule has 3 rings (SSSR count). The number of nitrogens with zero attached hydrogens (tertiary/aromatic N) is 3. The van der Waals surface area contributed by atoms with E-state index in [9.17, 15) is 4.79 Å². The monoisotopic (exact) mass is 352 g/mol. The number of carbonyl (C=O) groups is 1. The average molecular weight is 352 g/mol. The van der Waals surface area contributed by atoms with E-state index in [0.717, 1.165) is 31.9 Å². The van der Waals surface area contributed by atoms with Gasteiger partial charge in [0.1, 0.15) is 0 Å². The van der Waals surface area contributed by atoms with Gasteiger partial charge < -0.3 is 15.1 Å². The number of hydrogen-bond donors (Lipinski definition) is 1. The summed E-state index contributed by atoms with van der Waals surface area (Å²) >= 11 is 0. The second-order valence-corrected chi connectivity index (χ2v) is 7.95. The standard InChI is InChI=1S/C21H28N4O/c1-16-6-5-7-18(12-16)24-8-10-25(11-9-24)19-13-17(14-22-15-19)20(26)23-21(2,3)4/h5-7,12-15H,8-11H2,1-4H3,(H,23,26). The molecule has 0 unspecified atom stereocenters. The first-order valence-corrected chi connectivity index (χ1v) is 9.16. The van der Waals surface area contributed by atoms with E-state index in [4.69, 9.17) is 0 Å². The first-order valence-electron chi connectivity index (χ1n) is 9.16. The Morgan fingerprint density at radius 1 is 1.00 bits per heavy atom. The summed E-state index contributed by atoms with van der Waals surface area (Å²) in [6.07, 6.45) is 3.48. The highest BCUT2D eigenvalue weighted by Crippen LogP contribution is 2.21. The first kappa shape index (κ1) is 18.2. The molecule has 2 aromatic rings. The minimum atomic E-state index is -0.257. The van der Waals surface area contributed by atoms with Gasteiger partial charge in [-0.25, -0.2) is 0 Å². The number of aromatic nitrogens is 1. The number of carbonyl (C=O) groups excluding carboxylic acids is 1. The van der Waals surface area contributed by atoms with Crippen molar-refractivity contribution in [3.05, 3.63) is 53.9 Å². The second kappa shape index (κ2) is 7.36. The predicted molar refractivity (Wildman–Crippen MR) is 107 cm³/mol. The highest BCUT2D eigenvalue weighted by molar-refractivity contribution is 5.95. The third-order valence-electron chi connectivity index (χ3n) is 4.49. The largest absolute Gasteiger partial charge is 0.368 e. The molecule has 0 radical (unpaired) electrons. The average Bonchev–Trinajstić information content (AvgIpc) is 2.60. The van der Waals surface area contributed by atoms with Crippen LogP contribution in [0.2, 0.25) is 0 Å². The summed E-state index contributed by atoms with van der Waals surface area (Å²) in [5.41, 5.74) is 3.92. The fourth-order valence-electron chi connectivity index (χ4n) is 3.19. The zero-order chi connectivity index (χ0) is 18.7. The van der Waals surface area contributed by atoms with E-state index in [-0.39, 0.29) is 11.4 Å². The molecular weight excluding hydrogens is 324 g/mol. The fourth-order valence-corrected chi connectivity index (χ4v) is 3.19. The quantitative estimate of drug-likeness (QED) is 0.921. The summed E-state index contributed by atoms with van der Waals surface area (Å²) in [4.78, 5) is 21.4. The molecular formula is C21H28N4O. The summed E-state index contributed by atoms with van der Waals surface area (Å²) in [6, 6.07) is 10.6. The molecule has 0 atom stereocenters. The highest BCUT2D eigenvalue weighted by atomic mass is 16.1. The van der Waals surface area contributed by atoms with Crippen LogP contribution in [-0.4, -0.2) is 42.6 Å². The number of piperazine rings is 1. The molecule has 5 heteroatoms. The van der Waals surface area contributed by atoms with Gasteiger partial charge in [0, 0.05) is 43.6 Å². The van der Waals surface area contributed by atoms with Gasteiger partial charge in [0.25, 0.3) is 5.91 Å². The van der Waals surface area contributed by atoms with Crippen LogP contribution in [0.4, 0.5) is 11.4 Å². The lowest BCUT2D eigenvalue weighted by Gasteiger charge is -2.37. The van der Waals surface area contributed by atoms with Crippen LogP contribution in [0.5, 0.6) is 0 Å². The van der Waals surface area contributed by atoms with Gasteiger partial charge in [-0.1, -0.05) is 12.1 Å². The Balaban J connectivity index is 1.66. The summed E-state index contributed by atoms with van der Waals surface area (Å²) < 4.78 is 0. The van der Waals surface area contributed by atoms with E-state index in [2.05, 4.69) is 51.3 Å². The fraction of sp³-hybridized carbons (Fsp3) is 0.429. The lowest BCUT2D eigenvalue weighted by atomic mass is 10.1. The summed E-state index contributed by atoms with van der Waals surface area (Å²) in [5.74, 6) is -0.0785. The molecule has 1 aromatic carbocycles. The Morgan fingerprint density at radius 2 is 1.65 bits per heavy atom. The normalized spacial score (nSPS) is 15.1. The van der Waals surface area contributed by atoms with Gasteiger partial charge in [0.15, 0.2) is 0 Å². The lowest BCUT2D eigenvalue weighted by molar-refractivity contribution is 0.0919. The SMILES string of the molecule is Cc1cccc(N2CCN(c3cncc(C(=O)NC(C)(C)C)c3)CC2)c1. The number of amides is 1. The molecule has 1 aromatic heterocycles. The van der Waals surface area contributed by atoms with Crippen molar-refractivity contribution in [1.82, 2.24) is 10.3 Å². The Labute approximate surface area is 156 Å². The predicted octanol–water partition coefficient (Wildman–Crippen LogP) is 3.24. The van der Waals surface area contributed by atoms with Crippen molar-refractivity contribution in [3.8, 4) is 0 Å². The molecule has 5 nitrogen and oxygen atoms in total. The molecule has 1 fully saturated rings. The maximum Gasteiger partial charge on any atom is 0.253 e. The molecule has 1 aliphatic heterocycles. The van der Waals surface area contributed by atoms with Crippen LogP contribution in [-0.2, 0) is 0 Å². The molecule has 2 heterocycles. The van der Waals surface area contributed by atoms with E-state index in [0.29, 0.717) is 5.56 Å². The molecule has 26 heavy (non-hydrogen) atoms. The van der Waals surface area contributed by atoms with Crippen LogP contribution in [0, 0.1) is 6.92 Å². The second-order valence-electron chi connectivity index (χ2n) is 7.95. The van der Waals surface area contributed by atoms with E-state index in [1.807, 2.05) is 33.0 Å². The molecule has 1 amide bonds. The number of aryl methyl sites for hydroxylation is 1. The Bertz CT molecular complexity index is 774. The maximum atomic E-state index is 12.4. The minimum absolute atomic E-state index is 0.0785. The Morgan fingerprint density at radius 3 is 2.27 bits per heavy atom. The first-order chi connectivity index (χ1) is 12.3. The lowest BCUT2D eigenvalue weighted by Crippen LogP contribution is -2.46. The van der Waals surface area contributed by atoms with Gasteiger partial charge >= 0.3 is 0 Å². The molecule has 0 saturated carbocycles. The van der Waals surface area contributed by atoms with Crippen molar-refractivity contribution < 1.29 is 4.79 Å². The molecule has 1 N–H and O–H groups in total. The third-order valence-corrected chi connectivity index (χ3v) is 4.49. The van der Waals surface area contributed by atoms with E-state index < -0.39 is 0 Å². The minimum Gasteiger partial charge on any atom is -0.368 e. The van der Waals surface area contributed by atoms with Crippen molar-refractivity contribution in [2.45, 2.75) is 33.2 Å². The molecule has 1 saturated heterocycles. The van der Waals surface area contributed by atoms with E-state index in [1.54, 1.807) is 6.20 Å². The van der Waals surface area contributed by atoms with Crippen molar-refractivity contribution in [3.63, 3.8) is 0 Å². The van der Waals surface area contributed by atoms with Crippen LogP contribution in [0.1, 0.15) is 36.7 Å². The van der Waals surface area contributed by atoms with Crippen LogP contribution < -0.4 is 15.1 Å². The number of anilines is 2. The third kappa shape index (κ3) is 4.54. The Kier molecular flexibility index (Phi) is 5.16. The molecule has 138 valence electrons. The van der Waals surface area contributed by atoms with Crippen molar-refractivity contribution in [2.24, 2.45) is 0 Å². The van der Waals surface area contributed by atoms with Crippen LogP contribution >= 0.6 is 0 Å². The number of pyridine rings is 1. The van der Waals surface area contributed by atoms with Crippen LogP contribution in [0.3, 0.4) is 0 Å². The molecule has 0 aliphatic carbocycles. The zero-order valence-electron chi connectivity index (χ0n) is 16.1. The number of benzene rings is 1. The summed E-state index contributed by atoms with van der Waals surface area (Å²) in [6.45, 7) is 11.8. The van der Waals surface area contributed by atoms with E-state index >= 15 is 0 Å². The summed E-state index contributed by atoms with van der Waals surface area (Å²) in [5, 5.41) is 2.99. The number of nitrogens with one attached hydrogen (secondary N) is 1. The topological polar surface area (TPSA) is 48.5 Å². The number of hydrogen-bond acceptors (Lipinski definition) is 4. The number of rotatable bonds is 3. The molecule has 0 spiro atoms. The van der Waals surface area contributed by atoms with E-state index in [1.165, 1.54) is 11.3 Å².